The first-order chi connectivity index (χ1) is 32.2. The molecule has 11 aromatic carbocycles. The molecule has 0 spiro atoms. The molecular weight excluding hydrogens is 783 g/mol. The summed E-state index contributed by atoms with van der Waals surface area (Å²) in [7, 11) is 0. The van der Waals surface area contributed by atoms with E-state index in [0.29, 0.717) is 0 Å². The van der Waals surface area contributed by atoms with Crippen LogP contribution in [0.3, 0.4) is 0 Å². The van der Waals surface area contributed by atoms with Crippen LogP contribution in [0.25, 0.3) is 77.2 Å². The number of nitrogens with zero attached hydrogens (tertiary/aromatic N) is 1. The van der Waals surface area contributed by atoms with E-state index in [0.717, 1.165) is 22.6 Å². The van der Waals surface area contributed by atoms with Gasteiger partial charge in [-0.3, -0.25) is 0 Å². The lowest BCUT2D eigenvalue weighted by molar-refractivity contribution is 0.714. The number of hydrogen-bond acceptors (Lipinski definition) is 1. The molecule has 65 heavy (non-hydrogen) atoms. The smallest absolute Gasteiger partial charge is 0.0540 e. The standard InChI is InChI=1S/C64H45N/c1-64(48-26-6-3-7-27-48)58-36-13-10-31-57(58)63-56(35-19-37-59(63)64)54-30-12-15-39-61(54)65(49-42-40-46(41-43-49)51-32-16-23-44-22-8-9-28-50(44)51)60-38-14-11-29-53(60)55-34-18-25-47-24-17-33-52(62(47)55)45-20-4-2-5-21-45/h2-43H,1H3. The Balaban J connectivity index is 1.11. The average Bonchev–Trinajstić information content (AvgIpc) is 3.65. The first kappa shape index (κ1) is 38.4. The van der Waals surface area contributed by atoms with Gasteiger partial charge in [0.2, 0.25) is 0 Å². The van der Waals surface area contributed by atoms with Gasteiger partial charge >= 0.3 is 0 Å². The average molecular weight is 828 g/mol. The number of para-hydroxylation sites is 2. The van der Waals surface area contributed by atoms with E-state index in [1.54, 1.807) is 0 Å². The Morgan fingerprint density at radius 2 is 0.785 bits per heavy atom. The van der Waals surface area contributed by atoms with Gasteiger partial charge in [0.1, 0.15) is 0 Å². The van der Waals surface area contributed by atoms with Gasteiger partial charge < -0.3 is 4.90 Å². The normalized spacial score (nSPS) is 14.0. The molecule has 1 unspecified atom stereocenters. The second kappa shape index (κ2) is 15.8. The van der Waals surface area contributed by atoms with Gasteiger partial charge in [-0.15, -0.1) is 0 Å². The van der Waals surface area contributed by atoms with Gasteiger partial charge in [-0.1, -0.05) is 231 Å². The lowest BCUT2D eigenvalue weighted by Crippen LogP contribution is -2.22. The summed E-state index contributed by atoms with van der Waals surface area (Å²) in [4.78, 5) is 2.50. The van der Waals surface area contributed by atoms with Crippen molar-refractivity contribution in [2.75, 3.05) is 4.90 Å². The van der Waals surface area contributed by atoms with Gasteiger partial charge in [-0.2, -0.15) is 0 Å². The Morgan fingerprint density at radius 3 is 1.52 bits per heavy atom. The van der Waals surface area contributed by atoms with Gasteiger partial charge in [-0.25, -0.2) is 0 Å². The SMILES string of the molecule is CC1(c2ccccc2)c2ccccc2-c2c(-c3ccccc3N(c3ccc(-c4cccc5ccccc45)cc3)c3ccccc3-c3cccc4cccc(-c5ccccc5)c34)cccc21. The summed E-state index contributed by atoms with van der Waals surface area (Å²) >= 11 is 0. The predicted octanol–water partition coefficient (Wildman–Crippen LogP) is 17.5. The summed E-state index contributed by atoms with van der Waals surface area (Å²) in [5.41, 5.74) is 19.1. The van der Waals surface area contributed by atoms with Crippen molar-refractivity contribution in [3.05, 3.63) is 271 Å². The summed E-state index contributed by atoms with van der Waals surface area (Å²) in [5, 5.41) is 4.95. The van der Waals surface area contributed by atoms with Crippen molar-refractivity contribution in [2.45, 2.75) is 12.3 Å². The van der Waals surface area contributed by atoms with Crippen LogP contribution in [0.1, 0.15) is 23.6 Å². The molecule has 0 saturated heterocycles. The molecule has 1 atom stereocenters. The zero-order chi connectivity index (χ0) is 43.3. The van der Waals surface area contributed by atoms with E-state index in [1.165, 1.54) is 88.3 Å². The zero-order valence-corrected chi connectivity index (χ0v) is 36.2. The summed E-state index contributed by atoms with van der Waals surface area (Å²) in [6.45, 7) is 2.40. The molecule has 1 aliphatic rings. The van der Waals surface area contributed by atoms with Crippen LogP contribution in [-0.4, -0.2) is 0 Å². The fourth-order valence-electron chi connectivity index (χ4n) is 10.7. The van der Waals surface area contributed by atoms with Crippen LogP contribution in [0.5, 0.6) is 0 Å². The first-order valence-electron chi connectivity index (χ1n) is 22.6. The minimum Gasteiger partial charge on any atom is -0.309 e. The highest BCUT2D eigenvalue weighted by Gasteiger charge is 2.42. The molecule has 0 radical (unpaired) electrons. The highest BCUT2D eigenvalue weighted by Crippen LogP contribution is 2.56. The van der Waals surface area contributed by atoms with E-state index in [9.17, 15) is 0 Å². The minimum absolute atomic E-state index is 0.313. The third-order valence-electron chi connectivity index (χ3n) is 13.8. The molecule has 11 aromatic rings. The molecule has 1 heteroatoms. The highest BCUT2D eigenvalue weighted by molar-refractivity contribution is 6.09. The van der Waals surface area contributed by atoms with E-state index >= 15 is 0 Å². The molecule has 12 rings (SSSR count). The summed E-state index contributed by atoms with van der Waals surface area (Å²) in [6, 6.07) is 93.6. The van der Waals surface area contributed by atoms with Crippen molar-refractivity contribution in [1.29, 1.82) is 0 Å². The van der Waals surface area contributed by atoms with Crippen molar-refractivity contribution in [1.82, 2.24) is 0 Å². The maximum atomic E-state index is 2.50. The minimum atomic E-state index is -0.313. The van der Waals surface area contributed by atoms with Gasteiger partial charge in [0, 0.05) is 22.2 Å². The maximum Gasteiger partial charge on any atom is 0.0540 e. The molecule has 1 aliphatic carbocycles. The zero-order valence-electron chi connectivity index (χ0n) is 36.2. The molecule has 0 amide bonds. The molecule has 1 nitrogen and oxygen atoms in total. The Kier molecular flexibility index (Phi) is 9.35. The Bertz CT molecular complexity index is 3540. The van der Waals surface area contributed by atoms with Gasteiger partial charge in [0.05, 0.1) is 11.4 Å². The van der Waals surface area contributed by atoms with Crippen LogP contribution in [0.4, 0.5) is 17.1 Å². The van der Waals surface area contributed by atoms with E-state index in [-0.39, 0.29) is 5.41 Å². The van der Waals surface area contributed by atoms with Crippen LogP contribution >= 0.6 is 0 Å². The number of hydrogen-bond donors (Lipinski definition) is 0. The molecule has 0 aliphatic heterocycles. The van der Waals surface area contributed by atoms with Gasteiger partial charge in [0.25, 0.3) is 0 Å². The van der Waals surface area contributed by atoms with E-state index in [4.69, 9.17) is 0 Å². The number of benzene rings is 11. The largest absolute Gasteiger partial charge is 0.309 e. The molecule has 0 fully saturated rings. The van der Waals surface area contributed by atoms with E-state index < -0.39 is 0 Å². The van der Waals surface area contributed by atoms with Gasteiger partial charge in [0.15, 0.2) is 0 Å². The van der Waals surface area contributed by atoms with Crippen molar-refractivity contribution in [3.8, 4) is 55.6 Å². The van der Waals surface area contributed by atoms with Crippen molar-refractivity contribution in [2.24, 2.45) is 0 Å². The summed E-state index contributed by atoms with van der Waals surface area (Å²) in [6.07, 6.45) is 0. The number of anilines is 3. The first-order valence-corrected chi connectivity index (χ1v) is 22.6. The Hall–Kier alpha value is -8.26. The van der Waals surface area contributed by atoms with Crippen molar-refractivity contribution < 1.29 is 0 Å². The topological polar surface area (TPSA) is 3.24 Å². The lowest BCUT2D eigenvalue weighted by Gasteiger charge is -2.31. The molecule has 306 valence electrons. The van der Waals surface area contributed by atoms with Crippen LogP contribution < -0.4 is 4.90 Å². The van der Waals surface area contributed by atoms with Crippen LogP contribution in [-0.2, 0) is 5.41 Å². The maximum absolute atomic E-state index is 2.50. The fourth-order valence-corrected chi connectivity index (χ4v) is 10.7. The van der Waals surface area contributed by atoms with Crippen LogP contribution in [0, 0.1) is 0 Å². The van der Waals surface area contributed by atoms with Gasteiger partial charge in [-0.05, 0) is 114 Å². The van der Waals surface area contributed by atoms with Crippen molar-refractivity contribution >= 4 is 38.6 Å². The van der Waals surface area contributed by atoms with Crippen LogP contribution in [0.15, 0.2) is 255 Å². The monoisotopic (exact) mass is 827 g/mol. The Labute approximate surface area is 381 Å². The fraction of sp³-hybridized carbons (Fsp3) is 0.0312. The molecule has 0 saturated carbocycles. The summed E-state index contributed by atoms with van der Waals surface area (Å²) in [5.74, 6) is 0. The van der Waals surface area contributed by atoms with Crippen molar-refractivity contribution in [3.63, 3.8) is 0 Å². The number of rotatable bonds is 8. The third kappa shape index (κ3) is 6.31. The molecule has 0 heterocycles. The Morgan fingerprint density at radius 1 is 0.308 bits per heavy atom. The lowest BCUT2D eigenvalue weighted by atomic mass is 9.74. The highest BCUT2D eigenvalue weighted by atomic mass is 15.1. The van der Waals surface area contributed by atoms with E-state index in [1.807, 2.05) is 0 Å². The quantitative estimate of drug-likeness (QED) is 0.147. The third-order valence-corrected chi connectivity index (χ3v) is 13.8. The van der Waals surface area contributed by atoms with E-state index in [2.05, 4.69) is 267 Å². The molecular formula is C64H45N. The van der Waals surface area contributed by atoms with Crippen LogP contribution in [0.2, 0.25) is 0 Å². The second-order valence-corrected chi connectivity index (χ2v) is 17.3. The predicted molar refractivity (Wildman–Crippen MR) is 275 cm³/mol. The molecule has 0 aromatic heterocycles. The number of fused-ring (bicyclic) bond motifs is 5. The molecule has 0 N–H and O–H groups in total. The summed E-state index contributed by atoms with van der Waals surface area (Å²) < 4.78 is 0. The molecule has 0 bridgehead atoms. The second-order valence-electron chi connectivity index (χ2n) is 17.3.